The van der Waals surface area contributed by atoms with Crippen molar-refractivity contribution in [1.29, 1.82) is 0 Å². The van der Waals surface area contributed by atoms with Gasteiger partial charge in [0.05, 0.1) is 6.54 Å². The number of hydroxylamine groups is 1. The Morgan fingerprint density at radius 2 is 2.43 bits per heavy atom. The lowest BCUT2D eigenvalue weighted by atomic mass is 10.4. The number of furan rings is 1. The van der Waals surface area contributed by atoms with E-state index in [-0.39, 0.29) is 12.4 Å². The molecule has 1 heterocycles. The third-order valence-electron chi connectivity index (χ3n) is 1.50. The maximum Gasteiger partial charge on any atom is 0.167 e. The molecule has 0 bridgehead atoms. The SMILES string of the molecule is Cc1ccc(CN=C(/C=N/O)NO)o1. The molecule has 1 aromatic heterocycles. The normalized spacial score (nSPS) is 12.3. The van der Waals surface area contributed by atoms with E-state index in [1.165, 1.54) is 0 Å². The van der Waals surface area contributed by atoms with Crippen molar-refractivity contribution in [3.05, 3.63) is 23.7 Å². The van der Waals surface area contributed by atoms with Gasteiger partial charge in [-0.2, -0.15) is 0 Å². The van der Waals surface area contributed by atoms with E-state index in [2.05, 4.69) is 10.1 Å². The van der Waals surface area contributed by atoms with Crippen molar-refractivity contribution in [2.45, 2.75) is 13.5 Å². The summed E-state index contributed by atoms with van der Waals surface area (Å²) in [6.45, 7) is 2.09. The topological polar surface area (TPSA) is 90.4 Å². The predicted octanol–water partition coefficient (Wildman–Crippen LogP) is 0.925. The Kier molecular flexibility index (Phi) is 3.69. The van der Waals surface area contributed by atoms with Crippen LogP contribution in [0.25, 0.3) is 0 Å². The van der Waals surface area contributed by atoms with Crippen LogP contribution < -0.4 is 5.48 Å². The van der Waals surface area contributed by atoms with Crippen LogP contribution in [0.1, 0.15) is 11.5 Å². The molecule has 0 spiro atoms. The van der Waals surface area contributed by atoms with Gasteiger partial charge in [-0.15, -0.1) is 0 Å². The first-order valence-electron chi connectivity index (χ1n) is 3.93. The third kappa shape index (κ3) is 2.91. The van der Waals surface area contributed by atoms with E-state index < -0.39 is 0 Å². The van der Waals surface area contributed by atoms with Gasteiger partial charge in [0, 0.05) is 0 Å². The first-order valence-corrected chi connectivity index (χ1v) is 3.93. The van der Waals surface area contributed by atoms with Gasteiger partial charge in [0.25, 0.3) is 0 Å². The highest BCUT2D eigenvalue weighted by Gasteiger charge is 1.97. The minimum atomic E-state index is 0.0570. The summed E-state index contributed by atoms with van der Waals surface area (Å²) in [6, 6.07) is 3.60. The van der Waals surface area contributed by atoms with Crippen LogP contribution in [0.2, 0.25) is 0 Å². The number of rotatable bonds is 3. The Hall–Kier alpha value is -1.82. The summed E-state index contributed by atoms with van der Waals surface area (Å²) in [6.07, 6.45) is 0.982. The molecule has 76 valence electrons. The second-order valence-corrected chi connectivity index (χ2v) is 2.57. The van der Waals surface area contributed by atoms with Crippen LogP contribution in [0.5, 0.6) is 0 Å². The van der Waals surface area contributed by atoms with Gasteiger partial charge < -0.3 is 9.62 Å². The van der Waals surface area contributed by atoms with Crippen LogP contribution in [0, 0.1) is 6.92 Å². The molecule has 6 heteroatoms. The molecule has 6 nitrogen and oxygen atoms in total. The predicted molar refractivity (Wildman–Crippen MR) is 49.8 cm³/mol. The van der Waals surface area contributed by atoms with Crippen LogP contribution in [0.15, 0.2) is 26.7 Å². The number of aryl methyl sites for hydroxylation is 1. The summed E-state index contributed by atoms with van der Waals surface area (Å²) in [5.74, 6) is 1.52. The maximum absolute atomic E-state index is 8.53. The van der Waals surface area contributed by atoms with Gasteiger partial charge in [-0.05, 0) is 19.1 Å². The van der Waals surface area contributed by atoms with E-state index in [1.807, 2.05) is 13.0 Å². The summed E-state index contributed by atoms with van der Waals surface area (Å²) < 4.78 is 5.23. The summed E-state index contributed by atoms with van der Waals surface area (Å²) in [4.78, 5) is 3.87. The summed E-state index contributed by atoms with van der Waals surface area (Å²) in [5.41, 5.74) is 1.78. The molecule has 0 fully saturated rings. The summed E-state index contributed by atoms with van der Waals surface area (Å²) in [7, 11) is 0. The molecular weight excluding hydrogens is 186 g/mol. The first kappa shape index (κ1) is 10.3. The molecule has 0 atom stereocenters. The van der Waals surface area contributed by atoms with Crippen molar-refractivity contribution in [3.8, 4) is 0 Å². The van der Waals surface area contributed by atoms with E-state index >= 15 is 0 Å². The smallest absolute Gasteiger partial charge is 0.167 e. The summed E-state index contributed by atoms with van der Waals surface area (Å²) >= 11 is 0. The average Bonchev–Trinajstić information content (AvgIpc) is 2.59. The number of nitrogens with one attached hydrogen (secondary N) is 1. The van der Waals surface area contributed by atoms with Crippen LogP contribution in [0.4, 0.5) is 0 Å². The lowest BCUT2D eigenvalue weighted by Gasteiger charge is -1.95. The van der Waals surface area contributed by atoms with Gasteiger partial charge in [0.1, 0.15) is 17.7 Å². The van der Waals surface area contributed by atoms with E-state index in [0.717, 1.165) is 12.0 Å². The Morgan fingerprint density at radius 1 is 1.64 bits per heavy atom. The number of amidine groups is 1. The molecule has 0 aliphatic carbocycles. The van der Waals surface area contributed by atoms with Crippen molar-refractivity contribution in [2.24, 2.45) is 10.1 Å². The lowest BCUT2D eigenvalue weighted by Crippen LogP contribution is -2.20. The Balaban J connectivity index is 2.60. The molecule has 0 aliphatic rings. The van der Waals surface area contributed by atoms with E-state index in [4.69, 9.17) is 14.8 Å². The zero-order chi connectivity index (χ0) is 10.4. The van der Waals surface area contributed by atoms with Crippen molar-refractivity contribution < 1.29 is 14.8 Å². The third-order valence-corrected chi connectivity index (χ3v) is 1.50. The van der Waals surface area contributed by atoms with Gasteiger partial charge in [-0.3, -0.25) is 15.7 Å². The first-order chi connectivity index (χ1) is 6.76. The Morgan fingerprint density at radius 3 is 2.93 bits per heavy atom. The van der Waals surface area contributed by atoms with Crippen molar-refractivity contribution in [1.82, 2.24) is 5.48 Å². The second-order valence-electron chi connectivity index (χ2n) is 2.57. The molecule has 0 radical (unpaired) electrons. The number of hydrogen-bond donors (Lipinski definition) is 3. The van der Waals surface area contributed by atoms with E-state index in [1.54, 1.807) is 11.5 Å². The van der Waals surface area contributed by atoms with Gasteiger partial charge in [0.15, 0.2) is 5.84 Å². The minimum absolute atomic E-state index is 0.0570. The maximum atomic E-state index is 8.53. The van der Waals surface area contributed by atoms with Crippen LogP contribution in [0.3, 0.4) is 0 Å². The van der Waals surface area contributed by atoms with Crippen LogP contribution in [-0.4, -0.2) is 22.5 Å². The summed E-state index contributed by atoms with van der Waals surface area (Å²) in [5, 5.41) is 19.4. The molecule has 0 aliphatic heterocycles. The van der Waals surface area contributed by atoms with Gasteiger partial charge in [0.2, 0.25) is 0 Å². The zero-order valence-electron chi connectivity index (χ0n) is 7.64. The molecule has 14 heavy (non-hydrogen) atoms. The quantitative estimate of drug-likeness (QED) is 0.291. The number of nitrogens with zero attached hydrogens (tertiary/aromatic N) is 2. The highest BCUT2D eigenvalue weighted by molar-refractivity contribution is 6.28. The van der Waals surface area contributed by atoms with E-state index in [9.17, 15) is 0 Å². The van der Waals surface area contributed by atoms with Crippen LogP contribution in [-0.2, 0) is 6.54 Å². The minimum Gasteiger partial charge on any atom is -0.464 e. The Bertz CT molecular complexity index is 343. The largest absolute Gasteiger partial charge is 0.464 e. The van der Waals surface area contributed by atoms with Gasteiger partial charge in [-0.25, -0.2) is 0 Å². The molecule has 0 saturated heterocycles. The molecular formula is C8H11N3O3. The highest BCUT2D eigenvalue weighted by atomic mass is 16.5. The monoisotopic (exact) mass is 197 g/mol. The molecule has 0 aromatic carbocycles. The van der Waals surface area contributed by atoms with Gasteiger partial charge >= 0.3 is 0 Å². The number of oxime groups is 1. The fraction of sp³-hybridized carbons (Fsp3) is 0.250. The van der Waals surface area contributed by atoms with Crippen LogP contribution >= 0.6 is 0 Å². The molecule has 0 saturated carbocycles. The fourth-order valence-electron chi connectivity index (χ4n) is 0.893. The number of hydrogen-bond acceptors (Lipinski definition) is 5. The fourth-order valence-corrected chi connectivity index (χ4v) is 0.893. The molecule has 0 amide bonds. The van der Waals surface area contributed by atoms with Crippen molar-refractivity contribution in [2.75, 3.05) is 0 Å². The van der Waals surface area contributed by atoms with Crippen molar-refractivity contribution in [3.63, 3.8) is 0 Å². The highest BCUT2D eigenvalue weighted by Crippen LogP contribution is 2.06. The number of aliphatic imine (C=N–C) groups is 1. The molecule has 3 N–H and O–H groups in total. The average molecular weight is 197 g/mol. The van der Waals surface area contributed by atoms with Crippen molar-refractivity contribution >= 4 is 12.1 Å². The molecule has 1 aromatic rings. The molecule has 1 rings (SSSR count). The standard InChI is InChI=1S/C8H11N3O3/c1-6-2-3-7(14-6)4-9-8(11-13)5-10-12/h2-3,5,12-13H,4H2,1H3,(H,9,11)/b10-5+. The second kappa shape index (κ2) is 5.03. The van der Waals surface area contributed by atoms with Gasteiger partial charge in [-0.1, -0.05) is 5.16 Å². The Labute approximate surface area is 80.5 Å². The molecule has 0 unspecified atom stereocenters. The van der Waals surface area contributed by atoms with E-state index in [0.29, 0.717) is 5.76 Å². The zero-order valence-corrected chi connectivity index (χ0v) is 7.64. The lowest BCUT2D eigenvalue weighted by molar-refractivity contribution is 0.236.